The highest BCUT2D eigenvalue weighted by molar-refractivity contribution is 7.99. The van der Waals surface area contributed by atoms with E-state index in [2.05, 4.69) is 12.2 Å². The molecule has 2 amide bonds. The van der Waals surface area contributed by atoms with Gasteiger partial charge in [0.15, 0.2) is 0 Å². The van der Waals surface area contributed by atoms with Gasteiger partial charge in [-0.25, -0.2) is 9.59 Å². The number of carbonyl (C=O) groups excluding carboxylic acids is 2. The van der Waals surface area contributed by atoms with Gasteiger partial charge in [-0.15, -0.1) is 0 Å². The van der Waals surface area contributed by atoms with Crippen molar-refractivity contribution in [3.05, 3.63) is 46.1 Å². The van der Waals surface area contributed by atoms with Gasteiger partial charge >= 0.3 is 12.0 Å². The number of amides is 2. The topological polar surface area (TPSA) is 58.6 Å². The number of urea groups is 1. The zero-order valence-electron chi connectivity index (χ0n) is 14.0. The van der Waals surface area contributed by atoms with Crippen LogP contribution >= 0.6 is 23.4 Å². The smallest absolute Gasteiger partial charge is 0.338 e. The van der Waals surface area contributed by atoms with Gasteiger partial charge in [-0.2, -0.15) is 11.8 Å². The average Bonchev–Trinajstić information content (AvgIpc) is 2.56. The lowest BCUT2D eigenvalue weighted by Crippen LogP contribution is -2.46. The molecule has 0 aliphatic carbocycles. The molecule has 130 valence electrons. The van der Waals surface area contributed by atoms with Crippen LogP contribution in [0.15, 0.2) is 35.5 Å². The van der Waals surface area contributed by atoms with Gasteiger partial charge in [-0.05, 0) is 24.3 Å². The summed E-state index contributed by atoms with van der Waals surface area (Å²) in [5, 5.41) is 3.32. The van der Waals surface area contributed by atoms with E-state index in [-0.39, 0.29) is 6.03 Å². The SMILES string of the molecule is CCSCCOC(=O)C1=C(C)N(C)C(=O)N[C@H]1c1ccccc1Cl. The Morgan fingerprint density at radius 2 is 2.12 bits per heavy atom. The minimum Gasteiger partial charge on any atom is -0.461 e. The molecule has 0 bridgehead atoms. The Balaban J connectivity index is 2.32. The maximum Gasteiger partial charge on any atom is 0.338 e. The van der Waals surface area contributed by atoms with Crippen molar-refractivity contribution in [2.45, 2.75) is 19.9 Å². The van der Waals surface area contributed by atoms with E-state index >= 15 is 0 Å². The van der Waals surface area contributed by atoms with Gasteiger partial charge < -0.3 is 15.0 Å². The standard InChI is InChI=1S/C17H21ClN2O3S/c1-4-24-10-9-23-16(21)14-11(2)20(3)17(22)19-15(14)12-7-5-6-8-13(12)18/h5-8,15H,4,9-10H2,1-3H3,(H,19,22)/t15-/m0/s1. The number of halogens is 1. The number of nitrogens with zero attached hydrogens (tertiary/aromatic N) is 1. The zero-order valence-corrected chi connectivity index (χ0v) is 15.5. The van der Waals surface area contributed by atoms with Crippen molar-refractivity contribution < 1.29 is 14.3 Å². The van der Waals surface area contributed by atoms with Crippen LogP contribution in [-0.2, 0) is 9.53 Å². The predicted molar refractivity (Wildman–Crippen MR) is 97.1 cm³/mol. The number of carbonyl (C=O) groups is 2. The summed E-state index contributed by atoms with van der Waals surface area (Å²) in [6.45, 7) is 4.12. The molecule has 0 fully saturated rings. The number of benzene rings is 1. The number of hydrogen-bond donors (Lipinski definition) is 1. The van der Waals surface area contributed by atoms with Crippen molar-refractivity contribution in [3.8, 4) is 0 Å². The highest BCUT2D eigenvalue weighted by Crippen LogP contribution is 2.34. The van der Waals surface area contributed by atoms with Gasteiger partial charge in [-0.1, -0.05) is 36.7 Å². The Morgan fingerprint density at radius 1 is 1.42 bits per heavy atom. The van der Waals surface area contributed by atoms with E-state index < -0.39 is 12.0 Å². The quantitative estimate of drug-likeness (QED) is 0.615. The molecule has 1 aliphatic rings. The average molecular weight is 369 g/mol. The van der Waals surface area contributed by atoms with Crippen LogP contribution in [-0.4, -0.2) is 42.1 Å². The fraction of sp³-hybridized carbons (Fsp3) is 0.412. The van der Waals surface area contributed by atoms with Crippen LogP contribution in [0, 0.1) is 0 Å². The summed E-state index contributed by atoms with van der Waals surface area (Å²) in [6, 6.07) is 6.26. The number of allylic oxidation sites excluding steroid dienone is 1. The molecule has 7 heteroatoms. The molecule has 1 aromatic rings. The maximum absolute atomic E-state index is 12.6. The second kappa shape index (κ2) is 8.44. The molecule has 0 radical (unpaired) electrons. The molecule has 1 atom stereocenters. The van der Waals surface area contributed by atoms with Crippen molar-refractivity contribution in [1.82, 2.24) is 10.2 Å². The summed E-state index contributed by atoms with van der Waals surface area (Å²) in [5.41, 5.74) is 1.65. The number of esters is 1. The van der Waals surface area contributed by atoms with E-state index in [4.69, 9.17) is 16.3 Å². The van der Waals surface area contributed by atoms with Crippen molar-refractivity contribution in [1.29, 1.82) is 0 Å². The monoisotopic (exact) mass is 368 g/mol. The third kappa shape index (κ3) is 4.05. The number of nitrogens with one attached hydrogen (secondary N) is 1. The molecule has 1 aromatic carbocycles. The number of rotatable bonds is 6. The van der Waals surface area contributed by atoms with E-state index in [0.29, 0.717) is 28.5 Å². The van der Waals surface area contributed by atoms with E-state index in [1.807, 2.05) is 6.07 Å². The Labute approximate surface area is 151 Å². The van der Waals surface area contributed by atoms with E-state index in [9.17, 15) is 9.59 Å². The van der Waals surface area contributed by atoms with E-state index in [1.54, 1.807) is 43.9 Å². The molecule has 2 rings (SSSR count). The van der Waals surface area contributed by atoms with E-state index in [0.717, 1.165) is 11.5 Å². The Morgan fingerprint density at radius 3 is 2.79 bits per heavy atom. The Kier molecular flexibility index (Phi) is 6.57. The number of ether oxygens (including phenoxy) is 1. The number of hydrogen-bond acceptors (Lipinski definition) is 4. The first-order valence-corrected chi connectivity index (χ1v) is 9.24. The van der Waals surface area contributed by atoms with Gasteiger partial charge in [0.25, 0.3) is 0 Å². The molecule has 0 aromatic heterocycles. The summed E-state index contributed by atoms with van der Waals surface area (Å²) in [7, 11) is 1.62. The van der Waals surface area contributed by atoms with Crippen molar-refractivity contribution in [2.24, 2.45) is 0 Å². The van der Waals surface area contributed by atoms with Gasteiger partial charge in [0.05, 0.1) is 11.6 Å². The molecular formula is C17H21ClN2O3S. The minimum absolute atomic E-state index is 0.282. The van der Waals surface area contributed by atoms with Gasteiger partial charge in [0, 0.05) is 23.5 Å². The third-order valence-corrected chi connectivity index (χ3v) is 5.06. The summed E-state index contributed by atoms with van der Waals surface area (Å²) in [5.74, 6) is 1.29. The highest BCUT2D eigenvalue weighted by atomic mass is 35.5. The maximum atomic E-state index is 12.6. The highest BCUT2D eigenvalue weighted by Gasteiger charge is 2.35. The zero-order chi connectivity index (χ0) is 17.7. The van der Waals surface area contributed by atoms with Crippen LogP contribution in [0.25, 0.3) is 0 Å². The van der Waals surface area contributed by atoms with E-state index in [1.165, 1.54) is 4.90 Å². The summed E-state index contributed by atoms with van der Waals surface area (Å²) in [4.78, 5) is 26.2. The second-order valence-corrected chi connectivity index (χ2v) is 7.10. The molecule has 1 heterocycles. The molecular weight excluding hydrogens is 348 g/mol. The first-order chi connectivity index (χ1) is 11.5. The molecule has 24 heavy (non-hydrogen) atoms. The minimum atomic E-state index is -0.617. The summed E-state index contributed by atoms with van der Waals surface area (Å²) in [6.07, 6.45) is 0. The summed E-state index contributed by atoms with van der Waals surface area (Å²) >= 11 is 7.97. The predicted octanol–water partition coefficient (Wildman–Crippen LogP) is 3.61. The first-order valence-electron chi connectivity index (χ1n) is 7.71. The third-order valence-electron chi connectivity index (χ3n) is 3.86. The van der Waals surface area contributed by atoms with Crippen LogP contribution in [0.4, 0.5) is 4.79 Å². The van der Waals surface area contributed by atoms with Gasteiger partial charge in [0.2, 0.25) is 0 Å². The van der Waals surface area contributed by atoms with Crippen LogP contribution in [0.5, 0.6) is 0 Å². The molecule has 0 saturated carbocycles. The van der Waals surface area contributed by atoms with Crippen LogP contribution in [0.2, 0.25) is 5.02 Å². The van der Waals surface area contributed by atoms with Crippen molar-refractivity contribution in [2.75, 3.05) is 25.2 Å². The molecule has 5 nitrogen and oxygen atoms in total. The van der Waals surface area contributed by atoms with Crippen LogP contribution < -0.4 is 5.32 Å². The fourth-order valence-electron chi connectivity index (χ4n) is 2.46. The normalized spacial score (nSPS) is 17.8. The number of thioether (sulfide) groups is 1. The molecule has 0 saturated heterocycles. The van der Waals surface area contributed by atoms with Gasteiger partial charge in [-0.3, -0.25) is 0 Å². The molecule has 0 spiro atoms. The molecule has 1 aliphatic heterocycles. The first kappa shape index (κ1) is 18.7. The lowest BCUT2D eigenvalue weighted by atomic mass is 9.95. The van der Waals surface area contributed by atoms with Gasteiger partial charge in [0.1, 0.15) is 6.61 Å². The largest absolute Gasteiger partial charge is 0.461 e. The molecule has 0 unspecified atom stereocenters. The Hall–Kier alpha value is -1.66. The van der Waals surface area contributed by atoms with Crippen molar-refractivity contribution >= 4 is 35.4 Å². The fourth-order valence-corrected chi connectivity index (χ4v) is 3.19. The Bertz CT molecular complexity index is 663. The molecule has 1 N–H and O–H groups in total. The summed E-state index contributed by atoms with van der Waals surface area (Å²) < 4.78 is 5.39. The van der Waals surface area contributed by atoms with Crippen molar-refractivity contribution in [3.63, 3.8) is 0 Å². The lowest BCUT2D eigenvalue weighted by Gasteiger charge is -2.33. The van der Waals surface area contributed by atoms with Crippen LogP contribution in [0.1, 0.15) is 25.5 Å². The van der Waals surface area contributed by atoms with Crippen LogP contribution in [0.3, 0.4) is 0 Å². The lowest BCUT2D eigenvalue weighted by molar-refractivity contribution is -0.139. The second-order valence-electron chi connectivity index (χ2n) is 5.29.